The van der Waals surface area contributed by atoms with Crippen molar-refractivity contribution in [3.63, 3.8) is 0 Å². The van der Waals surface area contributed by atoms with E-state index in [0.29, 0.717) is 27.2 Å². The van der Waals surface area contributed by atoms with E-state index in [4.69, 9.17) is 25.8 Å². The number of fused-ring (bicyclic) bond motifs is 1. The fourth-order valence-electron chi connectivity index (χ4n) is 3.53. The molecule has 0 fully saturated rings. The monoisotopic (exact) mass is 455 g/mol. The minimum atomic E-state index is -2.32. The summed E-state index contributed by atoms with van der Waals surface area (Å²) < 4.78 is 16.3. The number of methoxy groups -OCH3 is 2. The van der Waals surface area contributed by atoms with E-state index in [9.17, 15) is 14.4 Å². The second kappa shape index (κ2) is 9.28. The Kier molecular flexibility index (Phi) is 6.69. The van der Waals surface area contributed by atoms with Crippen LogP contribution in [0.1, 0.15) is 19.4 Å². The van der Waals surface area contributed by atoms with Crippen LogP contribution in [0.4, 0.5) is 5.69 Å². The lowest BCUT2D eigenvalue weighted by Crippen LogP contribution is -2.49. The molecule has 166 valence electrons. The number of carbonyl (C=O) groups is 3. The number of anilines is 1. The molecule has 0 aromatic heterocycles. The highest BCUT2D eigenvalue weighted by Crippen LogP contribution is 2.42. The summed E-state index contributed by atoms with van der Waals surface area (Å²) in [5.74, 6) is -1.67. The van der Waals surface area contributed by atoms with E-state index < -0.39 is 23.3 Å². The molecular weight excluding hydrogens is 434 g/mol. The highest BCUT2D eigenvalue weighted by Gasteiger charge is 2.51. The van der Waals surface area contributed by atoms with Crippen molar-refractivity contribution < 1.29 is 28.6 Å². The van der Waals surface area contributed by atoms with E-state index in [0.717, 1.165) is 6.92 Å². The van der Waals surface area contributed by atoms with Gasteiger partial charge in [0.1, 0.15) is 11.5 Å². The minimum Gasteiger partial charge on any atom is -0.497 e. The maximum atomic E-state index is 13.6. The van der Waals surface area contributed by atoms with Gasteiger partial charge in [-0.1, -0.05) is 23.7 Å². The number of nitrogens with one attached hydrogen (secondary N) is 1. The van der Waals surface area contributed by atoms with Crippen molar-refractivity contribution in [3.05, 3.63) is 65.2 Å². The zero-order chi connectivity index (χ0) is 23.5. The summed E-state index contributed by atoms with van der Waals surface area (Å²) in [6.45, 7) is 2.31. The Morgan fingerprint density at radius 3 is 2.12 bits per heavy atom. The summed E-state index contributed by atoms with van der Waals surface area (Å²) in [4.78, 5) is 38.9. The summed E-state index contributed by atoms with van der Waals surface area (Å²) in [6, 6.07) is 14.9. The third kappa shape index (κ3) is 4.24. The number of amides is 1. The predicted octanol–water partition coefficient (Wildman–Crippen LogP) is 4.50. The molecule has 8 heteroatoms. The Labute approximate surface area is 190 Å². The van der Waals surface area contributed by atoms with E-state index in [1.54, 1.807) is 54.6 Å². The molecule has 1 atom stereocenters. The Hall–Kier alpha value is -3.58. The van der Waals surface area contributed by atoms with Gasteiger partial charge in [-0.25, -0.2) is 0 Å². The lowest BCUT2D eigenvalue weighted by molar-refractivity contribution is -0.171. The van der Waals surface area contributed by atoms with Crippen molar-refractivity contribution in [2.75, 3.05) is 19.5 Å². The first kappa shape index (κ1) is 23.1. The molecule has 0 unspecified atom stereocenters. The quantitative estimate of drug-likeness (QED) is 0.416. The summed E-state index contributed by atoms with van der Waals surface area (Å²) >= 11 is 5.92. The van der Waals surface area contributed by atoms with Gasteiger partial charge < -0.3 is 19.5 Å². The lowest BCUT2D eigenvalue weighted by Gasteiger charge is -2.32. The first-order valence-electron chi connectivity index (χ1n) is 9.65. The van der Waals surface area contributed by atoms with Crippen LogP contribution in [0.3, 0.4) is 0 Å². The molecule has 32 heavy (non-hydrogen) atoms. The molecule has 0 heterocycles. The van der Waals surface area contributed by atoms with E-state index in [2.05, 4.69) is 5.32 Å². The van der Waals surface area contributed by atoms with Crippen LogP contribution in [0, 0.1) is 0 Å². The van der Waals surface area contributed by atoms with Gasteiger partial charge in [-0.05, 0) is 60.2 Å². The summed E-state index contributed by atoms with van der Waals surface area (Å²) in [5, 5.41) is 4.29. The third-order valence-electron chi connectivity index (χ3n) is 4.98. The van der Waals surface area contributed by atoms with Gasteiger partial charge in [0.2, 0.25) is 0 Å². The van der Waals surface area contributed by atoms with Gasteiger partial charge in [-0.2, -0.15) is 0 Å². The maximum absolute atomic E-state index is 13.6. The van der Waals surface area contributed by atoms with Crippen molar-refractivity contribution in [1.82, 2.24) is 0 Å². The Bertz CT molecular complexity index is 1190. The molecule has 0 saturated carbocycles. The maximum Gasteiger partial charge on any atom is 0.304 e. The van der Waals surface area contributed by atoms with Crippen LogP contribution in [-0.4, -0.2) is 31.9 Å². The SMILES string of the molecule is COc1ccc2ccc(OC)c([C@@](OC(C)=O)(C(C)=O)C(=O)Nc3ccc(Cl)cc3)c2c1. The summed E-state index contributed by atoms with van der Waals surface area (Å²) in [5.41, 5.74) is -1.84. The van der Waals surface area contributed by atoms with Crippen molar-refractivity contribution >= 4 is 45.7 Å². The topological polar surface area (TPSA) is 90.9 Å². The molecule has 7 nitrogen and oxygen atoms in total. The van der Waals surface area contributed by atoms with Gasteiger partial charge in [-0.3, -0.25) is 14.4 Å². The lowest BCUT2D eigenvalue weighted by atomic mass is 9.84. The first-order chi connectivity index (χ1) is 15.2. The zero-order valence-electron chi connectivity index (χ0n) is 18.0. The van der Waals surface area contributed by atoms with Crippen LogP contribution in [0.15, 0.2) is 54.6 Å². The number of ether oxygens (including phenoxy) is 3. The number of benzene rings is 3. The number of hydrogen-bond donors (Lipinski definition) is 1. The number of ketones is 1. The number of esters is 1. The van der Waals surface area contributed by atoms with E-state index in [1.807, 2.05) is 0 Å². The van der Waals surface area contributed by atoms with Crippen molar-refractivity contribution in [1.29, 1.82) is 0 Å². The van der Waals surface area contributed by atoms with E-state index in [-0.39, 0.29) is 11.3 Å². The van der Waals surface area contributed by atoms with Crippen LogP contribution in [0.2, 0.25) is 5.02 Å². The average Bonchev–Trinajstić information content (AvgIpc) is 2.77. The number of carbonyl (C=O) groups excluding carboxylic acids is 3. The summed E-state index contributed by atoms with van der Waals surface area (Å²) in [6.07, 6.45) is 0. The van der Waals surface area contributed by atoms with Crippen LogP contribution in [0.25, 0.3) is 10.8 Å². The zero-order valence-corrected chi connectivity index (χ0v) is 18.8. The number of halogens is 1. The Morgan fingerprint density at radius 2 is 1.56 bits per heavy atom. The fraction of sp³-hybridized carbons (Fsp3) is 0.208. The Morgan fingerprint density at radius 1 is 0.906 bits per heavy atom. The average molecular weight is 456 g/mol. The molecule has 0 aliphatic heterocycles. The minimum absolute atomic E-state index is 0.102. The second-order valence-corrected chi connectivity index (χ2v) is 7.46. The van der Waals surface area contributed by atoms with Crippen LogP contribution >= 0.6 is 11.6 Å². The van der Waals surface area contributed by atoms with Crippen LogP contribution in [-0.2, 0) is 24.7 Å². The number of hydrogen-bond acceptors (Lipinski definition) is 6. The van der Waals surface area contributed by atoms with Gasteiger partial charge in [0.05, 0.1) is 19.8 Å². The summed E-state index contributed by atoms with van der Waals surface area (Å²) in [7, 11) is 2.90. The molecule has 0 spiro atoms. The predicted molar refractivity (Wildman–Crippen MR) is 121 cm³/mol. The fourth-order valence-corrected chi connectivity index (χ4v) is 3.65. The molecule has 1 amide bonds. The third-order valence-corrected chi connectivity index (χ3v) is 5.23. The van der Waals surface area contributed by atoms with E-state index in [1.165, 1.54) is 21.1 Å². The largest absolute Gasteiger partial charge is 0.497 e. The Balaban J connectivity index is 2.33. The molecule has 3 aromatic carbocycles. The first-order valence-corrected chi connectivity index (χ1v) is 10.0. The number of rotatable bonds is 7. The van der Waals surface area contributed by atoms with Gasteiger partial charge >= 0.3 is 5.97 Å². The van der Waals surface area contributed by atoms with Crippen molar-refractivity contribution in [2.45, 2.75) is 19.4 Å². The van der Waals surface area contributed by atoms with Gasteiger partial charge in [0.25, 0.3) is 11.5 Å². The molecular formula is C24H22ClNO6. The smallest absolute Gasteiger partial charge is 0.304 e. The number of Topliss-reactive ketones (excluding diaryl/α,β-unsaturated/α-hetero) is 1. The van der Waals surface area contributed by atoms with Gasteiger partial charge in [-0.15, -0.1) is 0 Å². The van der Waals surface area contributed by atoms with Gasteiger partial charge in [0, 0.05) is 17.6 Å². The molecule has 3 rings (SSSR count). The van der Waals surface area contributed by atoms with Crippen LogP contribution < -0.4 is 14.8 Å². The standard InChI is InChI=1S/C24H22ClNO6/c1-14(27)24(32-15(2)28,23(29)26-18-9-7-17(25)8-10-18)22-20-13-19(30-3)11-5-16(20)6-12-21(22)31-4/h5-13H,1-4H3,(H,26,29)/t24-/m0/s1. The van der Waals surface area contributed by atoms with E-state index >= 15 is 0 Å². The highest BCUT2D eigenvalue weighted by atomic mass is 35.5. The molecule has 0 bridgehead atoms. The normalized spacial score (nSPS) is 12.5. The van der Waals surface area contributed by atoms with Gasteiger partial charge in [0.15, 0.2) is 5.78 Å². The van der Waals surface area contributed by atoms with Crippen LogP contribution in [0.5, 0.6) is 11.5 Å². The molecule has 0 aliphatic carbocycles. The van der Waals surface area contributed by atoms with Crippen molar-refractivity contribution in [2.24, 2.45) is 0 Å². The van der Waals surface area contributed by atoms with Crippen molar-refractivity contribution in [3.8, 4) is 11.5 Å². The highest BCUT2D eigenvalue weighted by molar-refractivity contribution is 6.30. The molecule has 0 aliphatic rings. The second-order valence-electron chi connectivity index (χ2n) is 7.02. The molecule has 3 aromatic rings. The molecule has 0 radical (unpaired) electrons. The molecule has 1 N–H and O–H groups in total. The molecule has 0 saturated heterocycles.